The number of aryl methyl sites for hydroxylation is 1. The normalized spacial score (nSPS) is 27.0. The number of carbonyl (C=O) groups excluding carboxylic acids is 1. The van der Waals surface area contributed by atoms with Gasteiger partial charge in [0.2, 0.25) is 0 Å². The second-order valence-corrected chi connectivity index (χ2v) is 8.34. The summed E-state index contributed by atoms with van der Waals surface area (Å²) in [5.41, 5.74) is 2.23. The molecular formula is C22H34N2O2. The molecule has 0 unspecified atom stereocenters. The molecule has 0 saturated carbocycles. The van der Waals surface area contributed by atoms with Crippen molar-refractivity contribution in [1.82, 2.24) is 4.90 Å². The summed E-state index contributed by atoms with van der Waals surface area (Å²) >= 11 is 0. The summed E-state index contributed by atoms with van der Waals surface area (Å²) in [7, 11) is 0. The molecule has 1 N–H and O–H groups in total. The molecule has 3 atom stereocenters. The van der Waals surface area contributed by atoms with Gasteiger partial charge in [-0.1, -0.05) is 19.1 Å². The first-order valence-electron chi connectivity index (χ1n) is 10.3. The van der Waals surface area contributed by atoms with Gasteiger partial charge in [0.05, 0.1) is 0 Å². The molecule has 144 valence electrons. The number of nitrogens with one attached hydrogen (secondary N) is 1. The van der Waals surface area contributed by atoms with Crippen molar-refractivity contribution in [1.29, 1.82) is 0 Å². The van der Waals surface area contributed by atoms with E-state index in [1.807, 2.05) is 12.1 Å². The van der Waals surface area contributed by atoms with Gasteiger partial charge in [0.25, 0.3) is 5.91 Å². The first-order valence-corrected chi connectivity index (χ1v) is 10.3. The van der Waals surface area contributed by atoms with Crippen LogP contribution in [-0.2, 0) is 16.0 Å². The standard InChI is InChI=1S/C22H34N2O2/c1-16(2)24-13-12-19(17(3)15-24)9-6-18-7-10-20(11-8-18)23-22(25)21-5-4-14-26-21/h7-8,10-11,16-17,19,21H,4-6,9,12-15H2,1-3H3,(H,23,25)/t17-,19+,21-/m1/s1. The number of amides is 1. The number of piperidine rings is 1. The number of hydrogen-bond acceptors (Lipinski definition) is 3. The van der Waals surface area contributed by atoms with Gasteiger partial charge in [-0.3, -0.25) is 4.79 Å². The minimum Gasteiger partial charge on any atom is -0.368 e. The number of anilines is 1. The van der Waals surface area contributed by atoms with Gasteiger partial charge in [0, 0.05) is 24.9 Å². The SMILES string of the molecule is CC(C)N1CC[C@H](CCc2ccc(NC(=O)[C@H]3CCCO3)cc2)[C@H](C)C1. The lowest BCUT2D eigenvalue weighted by molar-refractivity contribution is -0.124. The predicted octanol–water partition coefficient (Wildman–Crippen LogP) is 4.10. The number of rotatable bonds is 6. The molecule has 2 saturated heterocycles. The number of hydrogen-bond donors (Lipinski definition) is 1. The van der Waals surface area contributed by atoms with Crippen LogP contribution in [0.1, 0.15) is 52.0 Å². The third-order valence-electron chi connectivity index (χ3n) is 6.09. The predicted molar refractivity (Wildman–Crippen MR) is 106 cm³/mol. The minimum atomic E-state index is -0.270. The van der Waals surface area contributed by atoms with E-state index in [-0.39, 0.29) is 12.0 Å². The van der Waals surface area contributed by atoms with Crippen LogP contribution in [0, 0.1) is 11.8 Å². The molecular weight excluding hydrogens is 324 g/mol. The van der Waals surface area contributed by atoms with Crippen LogP contribution in [0.3, 0.4) is 0 Å². The van der Waals surface area contributed by atoms with Gasteiger partial charge < -0.3 is 15.0 Å². The average molecular weight is 359 g/mol. The number of benzene rings is 1. The Kier molecular flexibility index (Phi) is 6.71. The Morgan fingerprint density at radius 1 is 1.27 bits per heavy atom. The second-order valence-electron chi connectivity index (χ2n) is 8.34. The maximum absolute atomic E-state index is 12.1. The zero-order valence-corrected chi connectivity index (χ0v) is 16.5. The van der Waals surface area contributed by atoms with Crippen molar-refractivity contribution in [3.8, 4) is 0 Å². The van der Waals surface area contributed by atoms with E-state index >= 15 is 0 Å². The van der Waals surface area contributed by atoms with Crippen LogP contribution < -0.4 is 5.32 Å². The van der Waals surface area contributed by atoms with Crippen molar-refractivity contribution in [2.45, 2.75) is 65.0 Å². The van der Waals surface area contributed by atoms with E-state index in [1.165, 1.54) is 31.5 Å². The molecule has 0 spiro atoms. The maximum atomic E-state index is 12.1. The number of carbonyl (C=O) groups is 1. The fourth-order valence-corrected chi connectivity index (χ4v) is 4.24. The quantitative estimate of drug-likeness (QED) is 0.832. The van der Waals surface area contributed by atoms with Crippen LogP contribution in [0.4, 0.5) is 5.69 Å². The van der Waals surface area contributed by atoms with E-state index in [0.29, 0.717) is 12.6 Å². The molecule has 1 amide bonds. The van der Waals surface area contributed by atoms with Crippen molar-refractivity contribution in [3.63, 3.8) is 0 Å². The van der Waals surface area contributed by atoms with E-state index in [4.69, 9.17) is 4.74 Å². The Balaban J connectivity index is 1.45. The van der Waals surface area contributed by atoms with Crippen molar-refractivity contribution in [2.24, 2.45) is 11.8 Å². The van der Waals surface area contributed by atoms with Gasteiger partial charge in [-0.25, -0.2) is 0 Å². The number of likely N-dealkylation sites (tertiary alicyclic amines) is 1. The molecule has 0 bridgehead atoms. The van der Waals surface area contributed by atoms with E-state index in [0.717, 1.165) is 36.8 Å². The van der Waals surface area contributed by atoms with Gasteiger partial charge in [-0.05, 0) is 82.0 Å². The molecule has 0 radical (unpaired) electrons. The number of nitrogens with zero attached hydrogens (tertiary/aromatic N) is 1. The first-order chi connectivity index (χ1) is 12.5. The Morgan fingerprint density at radius 2 is 2.04 bits per heavy atom. The average Bonchev–Trinajstić information content (AvgIpc) is 3.16. The van der Waals surface area contributed by atoms with E-state index < -0.39 is 0 Å². The number of ether oxygens (including phenoxy) is 1. The Hall–Kier alpha value is -1.39. The van der Waals surface area contributed by atoms with Crippen LogP contribution in [0.15, 0.2) is 24.3 Å². The lowest BCUT2D eigenvalue weighted by Crippen LogP contribution is -2.43. The maximum Gasteiger partial charge on any atom is 0.253 e. The lowest BCUT2D eigenvalue weighted by atomic mass is 9.82. The monoisotopic (exact) mass is 358 g/mol. The fraction of sp³-hybridized carbons (Fsp3) is 0.682. The molecule has 0 aromatic heterocycles. The Morgan fingerprint density at radius 3 is 2.65 bits per heavy atom. The summed E-state index contributed by atoms with van der Waals surface area (Å²) in [6.07, 6.45) is 5.23. The zero-order chi connectivity index (χ0) is 18.5. The molecule has 4 nitrogen and oxygen atoms in total. The Labute approximate surface area is 158 Å². The molecule has 2 aliphatic rings. The summed E-state index contributed by atoms with van der Waals surface area (Å²) in [5.74, 6) is 1.58. The summed E-state index contributed by atoms with van der Waals surface area (Å²) in [5, 5.41) is 2.97. The molecule has 2 fully saturated rings. The van der Waals surface area contributed by atoms with Gasteiger partial charge in [-0.2, -0.15) is 0 Å². The highest BCUT2D eigenvalue weighted by atomic mass is 16.5. The summed E-state index contributed by atoms with van der Waals surface area (Å²) in [6, 6.07) is 9.01. The zero-order valence-electron chi connectivity index (χ0n) is 16.5. The first kappa shape index (κ1) is 19.4. The highest BCUT2D eigenvalue weighted by Crippen LogP contribution is 2.28. The van der Waals surface area contributed by atoms with Crippen LogP contribution >= 0.6 is 0 Å². The Bertz CT molecular complexity index is 578. The van der Waals surface area contributed by atoms with Crippen LogP contribution in [0.5, 0.6) is 0 Å². The van der Waals surface area contributed by atoms with Crippen molar-refractivity contribution >= 4 is 11.6 Å². The summed E-state index contributed by atoms with van der Waals surface area (Å²) < 4.78 is 5.43. The molecule has 1 aromatic carbocycles. The van der Waals surface area contributed by atoms with Gasteiger partial charge in [0.15, 0.2) is 0 Å². The minimum absolute atomic E-state index is 0.0130. The van der Waals surface area contributed by atoms with E-state index in [1.54, 1.807) is 0 Å². The lowest BCUT2D eigenvalue weighted by Gasteiger charge is -2.39. The van der Waals surface area contributed by atoms with Crippen molar-refractivity contribution in [3.05, 3.63) is 29.8 Å². The van der Waals surface area contributed by atoms with Crippen LogP contribution in [0.25, 0.3) is 0 Å². The largest absolute Gasteiger partial charge is 0.368 e. The highest BCUT2D eigenvalue weighted by molar-refractivity contribution is 5.94. The van der Waals surface area contributed by atoms with Crippen molar-refractivity contribution < 1.29 is 9.53 Å². The third kappa shape index (κ3) is 5.08. The smallest absolute Gasteiger partial charge is 0.253 e. The third-order valence-corrected chi connectivity index (χ3v) is 6.09. The van der Waals surface area contributed by atoms with Crippen molar-refractivity contribution in [2.75, 3.05) is 25.0 Å². The summed E-state index contributed by atoms with van der Waals surface area (Å²) in [4.78, 5) is 14.7. The van der Waals surface area contributed by atoms with E-state index in [9.17, 15) is 4.79 Å². The second kappa shape index (κ2) is 9.01. The van der Waals surface area contributed by atoms with Gasteiger partial charge >= 0.3 is 0 Å². The molecule has 2 heterocycles. The molecule has 26 heavy (non-hydrogen) atoms. The molecule has 0 aliphatic carbocycles. The van der Waals surface area contributed by atoms with Gasteiger partial charge in [0.1, 0.15) is 6.10 Å². The summed E-state index contributed by atoms with van der Waals surface area (Å²) in [6.45, 7) is 10.2. The molecule has 1 aromatic rings. The van der Waals surface area contributed by atoms with E-state index in [2.05, 4.69) is 43.1 Å². The fourth-order valence-electron chi connectivity index (χ4n) is 4.24. The molecule has 4 heteroatoms. The van der Waals surface area contributed by atoms with Crippen LogP contribution in [-0.4, -0.2) is 42.6 Å². The van der Waals surface area contributed by atoms with Gasteiger partial charge in [-0.15, -0.1) is 0 Å². The molecule has 2 aliphatic heterocycles. The topological polar surface area (TPSA) is 41.6 Å². The molecule has 3 rings (SSSR count). The highest BCUT2D eigenvalue weighted by Gasteiger charge is 2.27. The van der Waals surface area contributed by atoms with Crippen LogP contribution in [0.2, 0.25) is 0 Å².